The molecule has 1 N–H and O–H groups in total. The predicted octanol–water partition coefficient (Wildman–Crippen LogP) is 3.48. The first-order chi connectivity index (χ1) is 11.5. The zero-order valence-electron chi connectivity index (χ0n) is 13.4. The highest BCUT2D eigenvalue weighted by Gasteiger charge is 2.12. The van der Waals surface area contributed by atoms with Gasteiger partial charge in [0.05, 0.1) is 24.8 Å². The van der Waals surface area contributed by atoms with E-state index in [1.807, 2.05) is 25.1 Å². The van der Waals surface area contributed by atoms with Gasteiger partial charge in [0, 0.05) is 11.1 Å². The summed E-state index contributed by atoms with van der Waals surface area (Å²) in [5.41, 5.74) is 1.37. The lowest BCUT2D eigenvalue weighted by atomic mass is 10.1. The molecule has 0 saturated heterocycles. The fourth-order valence-electron chi connectivity index (χ4n) is 2.14. The molecular formula is C18H17ClN2O3. The maximum absolute atomic E-state index is 12.0. The molecule has 0 aromatic heterocycles. The first-order valence-electron chi connectivity index (χ1n) is 7.29. The maximum atomic E-state index is 12.0. The third-order valence-corrected chi connectivity index (χ3v) is 3.61. The highest BCUT2D eigenvalue weighted by atomic mass is 35.5. The van der Waals surface area contributed by atoms with Crippen molar-refractivity contribution in [1.82, 2.24) is 5.32 Å². The Morgan fingerprint density at radius 3 is 2.75 bits per heavy atom. The maximum Gasteiger partial charge on any atom is 0.258 e. The number of nitrogens with one attached hydrogen (secondary N) is 1. The topological polar surface area (TPSA) is 71.3 Å². The molecule has 2 aromatic carbocycles. The van der Waals surface area contributed by atoms with Crippen molar-refractivity contribution >= 4 is 17.5 Å². The summed E-state index contributed by atoms with van der Waals surface area (Å²) < 4.78 is 10.6. The van der Waals surface area contributed by atoms with Crippen LogP contribution in [0.1, 0.15) is 24.1 Å². The number of nitrogens with zero attached hydrogens (tertiary/aromatic N) is 1. The molecule has 0 radical (unpaired) electrons. The van der Waals surface area contributed by atoms with E-state index in [4.69, 9.17) is 26.3 Å². The Labute approximate surface area is 145 Å². The van der Waals surface area contributed by atoms with E-state index in [2.05, 4.69) is 5.32 Å². The molecule has 0 aliphatic heterocycles. The van der Waals surface area contributed by atoms with Crippen molar-refractivity contribution in [2.45, 2.75) is 13.0 Å². The summed E-state index contributed by atoms with van der Waals surface area (Å²) in [6, 6.07) is 13.9. The van der Waals surface area contributed by atoms with Crippen LogP contribution in [0, 0.1) is 11.3 Å². The Kier molecular flexibility index (Phi) is 6.05. The Hall–Kier alpha value is -2.71. The van der Waals surface area contributed by atoms with Crippen LogP contribution in [0.2, 0.25) is 5.02 Å². The number of carbonyl (C=O) groups is 1. The van der Waals surface area contributed by atoms with Crippen LogP contribution in [0.25, 0.3) is 0 Å². The monoisotopic (exact) mass is 344 g/mol. The summed E-state index contributed by atoms with van der Waals surface area (Å²) in [5.74, 6) is 0.542. The molecule has 0 spiro atoms. The summed E-state index contributed by atoms with van der Waals surface area (Å²) in [7, 11) is 1.48. The number of amides is 1. The zero-order chi connectivity index (χ0) is 17.5. The first-order valence-corrected chi connectivity index (χ1v) is 7.67. The molecule has 0 aliphatic rings. The van der Waals surface area contributed by atoms with E-state index in [0.717, 1.165) is 5.56 Å². The van der Waals surface area contributed by atoms with Crippen molar-refractivity contribution in [3.05, 3.63) is 58.6 Å². The third-order valence-electron chi connectivity index (χ3n) is 3.38. The number of nitriles is 1. The number of hydrogen-bond acceptors (Lipinski definition) is 4. The second-order valence-corrected chi connectivity index (χ2v) is 5.55. The number of hydrogen-bond donors (Lipinski definition) is 1. The second kappa shape index (κ2) is 8.23. The average molecular weight is 345 g/mol. The predicted molar refractivity (Wildman–Crippen MR) is 91.2 cm³/mol. The van der Waals surface area contributed by atoms with Crippen LogP contribution in [0.4, 0.5) is 0 Å². The van der Waals surface area contributed by atoms with E-state index in [-0.39, 0.29) is 18.6 Å². The van der Waals surface area contributed by atoms with Gasteiger partial charge in [-0.2, -0.15) is 5.26 Å². The lowest BCUT2D eigenvalue weighted by molar-refractivity contribution is -0.123. The van der Waals surface area contributed by atoms with Crippen LogP contribution in [-0.2, 0) is 4.79 Å². The zero-order valence-corrected chi connectivity index (χ0v) is 14.1. The molecule has 24 heavy (non-hydrogen) atoms. The number of methoxy groups -OCH3 is 1. The van der Waals surface area contributed by atoms with Gasteiger partial charge in [-0.3, -0.25) is 4.79 Å². The van der Waals surface area contributed by atoms with Crippen molar-refractivity contribution < 1.29 is 14.3 Å². The van der Waals surface area contributed by atoms with Crippen LogP contribution in [0.15, 0.2) is 42.5 Å². The summed E-state index contributed by atoms with van der Waals surface area (Å²) in [6.07, 6.45) is 0. The van der Waals surface area contributed by atoms with E-state index in [0.29, 0.717) is 22.1 Å². The van der Waals surface area contributed by atoms with Gasteiger partial charge in [-0.15, -0.1) is 0 Å². The Bertz CT molecular complexity index is 771. The molecule has 0 fully saturated rings. The summed E-state index contributed by atoms with van der Waals surface area (Å²) >= 11 is 5.95. The minimum Gasteiger partial charge on any atom is -0.493 e. The molecule has 1 atom stereocenters. The SMILES string of the molecule is COc1cc(C#N)ccc1OCC(=O)NC(C)c1cccc(Cl)c1. The van der Waals surface area contributed by atoms with Crippen LogP contribution in [0.5, 0.6) is 11.5 Å². The van der Waals surface area contributed by atoms with E-state index < -0.39 is 0 Å². The van der Waals surface area contributed by atoms with Gasteiger partial charge in [0.1, 0.15) is 0 Å². The van der Waals surface area contributed by atoms with Crippen molar-refractivity contribution in [3.63, 3.8) is 0 Å². The van der Waals surface area contributed by atoms with Crippen LogP contribution < -0.4 is 14.8 Å². The molecule has 5 nitrogen and oxygen atoms in total. The first kappa shape index (κ1) is 17.6. The molecule has 2 aromatic rings. The van der Waals surface area contributed by atoms with Crippen LogP contribution in [0.3, 0.4) is 0 Å². The molecule has 6 heteroatoms. The Morgan fingerprint density at radius 1 is 1.29 bits per heavy atom. The third kappa shape index (κ3) is 4.64. The van der Waals surface area contributed by atoms with Gasteiger partial charge < -0.3 is 14.8 Å². The molecular weight excluding hydrogens is 328 g/mol. The van der Waals surface area contributed by atoms with Crippen molar-refractivity contribution in [2.24, 2.45) is 0 Å². The van der Waals surface area contributed by atoms with Crippen molar-refractivity contribution in [1.29, 1.82) is 5.26 Å². The molecule has 2 rings (SSSR count). The van der Waals surface area contributed by atoms with Gasteiger partial charge in [-0.1, -0.05) is 23.7 Å². The number of halogens is 1. The van der Waals surface area contributed by atoms with Gasteiger partial charge in [-0.05, 0) is 36.8 Å². The van der Waals surface area contributed by atoms with Gasteiger partial charge >= 0.3 is 0 Å². The Morgan fingerprint density at radius 2 is 2.08 bits per heavy atom. The van der Waals surface area contributed by atoms with Crippen molar-refractivity contribution in [2.75, 3.05) is 13.7 Å². The normalized spacial score (nSPS) is 11.2. The van der Waals surface area contributed by atoms with E-state index in [1.54, 1.807) is 30.3 Å². The number of rotatable bonds is 6. The quantitative estimate of drug-likeness (QED) is 0.870. The molecule has 0 heterocycles. The average Bonchev–Trinajstić information content (AvgIpc) is 2.59. The molecule has 0 saturated carbocycles. The highest BCUT2D eigenvalue weighted by Crippen LogP contribution is 2.27. The van der Waals surface area contributed by atoms with Gasteiger partial charge in [-0.25, -0.2) is 0 Å². The van der Waals surface area contributed by atoms with E-state index in [9.17, 15) is 4.79 Å². The van der Waals surface area contributed by atoms with Crippen molar-refractivity contribution in [3.8, 4) is 17.6 Å². The van der Waals surface area contributed by atoms with Gasteiger partial charge in [0.25, 0.3) is 5.91 Å². The van der Waals surface area contributed by atoms with Gasteiger partial charge in [0.15, 0.2) is 18.1 Å². The molecule has 1 amide bonds. The fourth-order valence-corrected chi connectivity index (χ4v) is 2.34. The lowest BCUT2D eigenvalue weighted by Gasteiger charge is -2.15. The standard InChI is InChI=1S/C18H17ClN2O3/c1-12(14-4-3-5-15(19)9-14)21-18(22)11-24-16-7-6-13(10-20)8-17(16)23-2/h3-9,12H,11H2,1-2H3,(H,21,22). The smallest absolute Gasteiger partial charge is 0.258 e. The molecule has 1 unspecified atom stereocenters. The Balaban J connectivity index is 1.95. The summed E-state index contributed by atoms with van der Waals surface area (Å²) in [5, 5.41) is 12.3. The molecule has 0 aliphatic carbocycles. The van der Waals surface area contributed by atoms with Crippen LogP contribution in [-0.4, -0.2) is 19.6 Å². The minimum absolute atomic E-state index is 0.160. The minimum atomic E-state index is -0.270. The summed E-state index contributed by atoms with van der Waals surface area (Å²) in [4.78, 5) is 12.0. The number of ether oxygens (including phenoxy) is 2. The number of benzene rings is 2. The molecule has 124 valence electrons. The number of carbonyl (C=O) groups excluding carboxylic acids is 1. The van der Waals surface area contributed by atoms with Crippen LogP contribution >= 0.6 is 11.6 Å². The van der Waals surface area contributed by atoms with Gasteiger partial charge in [0.2, 0.25) is 0 Å². The largest absolute Gasteiger partial charge is 0.493 e. The van der Waals surface area contributed by atoms with E-state index in [1.165, 1.54) is 7.11 Å². The van der Waals surface area contributed by atoms with E-state index >= 15 is 0 Å². The summed E-state index contributed by atoms with van der Waals surface area (Å²) in [6.45, 7) is 1.71. The lowest BCUT2D eigenvalue weighted by Crippen LogP contribution is -2.31. The highest BCUT2D eigenvalue weighted by molar-refractivity contribution is 6.30. The second-order valence-electron chi connectivity index (χ2n) is 5.11. The molecule has 0 bridgehead atoms. The fraction of sp³-hybridized carbons (Fsp3) is 0.222.